The highest BCUT2D eigenvalue weighted by atomic mass is 127. The van der Waals surface area contributed by atoms with Gasteiger partial charge in [-0.3, -0.25) is 9.36 Å². The Morgan fingerprint density at radius 3 is 2.77 bits per heavy atom. The van der Waals surface area contributed by atoms with E-state index in [-0.39, 0.29) is 5.91 Å². The number of nitrogens with zero attached hydrogens (tertiary/aromatic N) is 4. The molecule has 0 spiro atoms. The molecule has 0 radical (unpaired) electrons. The third-order valence-electron chi connectivity index (χ3n) is 3.09. The van der Waals surface area contributed by atoms with Crippen LogP contribution in [0.2, 0.25) is 0 Å². The van der Waals surface area contributed by atoms with Crippen molar-refractivity contribution in [2.75, 3.05) is 5.32 Å². The number of carbonyl (C=O) groups is 1. The number of aromatic nitrogens is 4. The van der Waals surface area contributed by atoms with Crippen LogP contribution in [-0.2, 0) is 0 Å². The van der Waals surface area contributed by atoms with Crippen molar-refractivity contribution >= 4 is 34.3 Å². The fourth-order valence-corrected chi connectivity index (χ4v) is 2.63. The summed E-state index contributed by atoms with van der Waals surface area (Å²) in [5.74, 6) is 1.72. The molecule has 0 aliphatic rings. The van der Waals surface area contributed by atoms with Gasteiger partial charge in [0.05, 0.1) is 5.56 Å². The maximum Gasteiger partial charge on any atom is 0.257 e. The van der Waals surface area contributed by atoms with E-state index >= 15 is 0 Å². The first kappa shape index (κ1) is 14.6. The minimum Gasteiger partial charge on any atom is -0.306 e. The highest BCUT2D eigenvalue weighted by molar-refractivity contribution is 14.1. The molecule has 2 heterocycles. The number of hydrogen-bond donors (Lipinski definition) is 1. The molecular weight excluding hydrogens is 393 g/mol. The molecule has 2 aromatic heterocycles. The third kappa shape index (κ3) is 2.98. The van der Waals surface area contributed by atoms with E-state index in [4.69, 9.17) is 0 Å². The van der Waals surface area contributed by atoms with E-state index in [1.165, 1.54) is 6.33 Å². The summed E-state index contributed by atoms with van der Waals surface area (Å²) in [5, 5.41) is 2.79. The molecule has 3 rings (SSSR count). The van der Waals surface area contributed by atoms with E-state index in [1.807, 2.05) is 35.9 Å². The molecule has 0 atom stereocenters. The number of anilines is 1. The Hall–Kier alpha value is -2.29. The Labute approximate surface area is 140 Å². The molecule has 3 aromatic rings. The average molecular weight is 405 g/mol. The molecule has 1 amide bonds. The van der Waals surface area contributed by atoms with Gasteiger partial charge >= 0.3 is 0 Å². The predicted molar refractivity (Wildman–Crippen MR) is 91.0 cm³/mol. The molecule has 1 aromatic carbocycles. The summed E-state index contributed by atoms with van der Waals surface area (Å²) in [4.78, 5) is 24.8. The first-order chi connectivity index (χ1) is 10.6. The number of benzene rings is 1. The Morgan fingerprint density at radius 2 is 2.05 bits per heavy atom. The summed E-state index contributed by atoms with van der Waals surface area (Å²) < 4.78 is 2.71. The number of nitrogens with one attached hydrogen (secondary N) is 1. The van der Waals surface area contributed by atoms with Gasteiger partial charge < -0.3 is 5.32 Å². The van der Waals surface area contributed by atoms with Crippen molar-refractivity contribution in [1.82, 2.24) is 19.5 Å². The van der Waals surface area contributed by atoms with Crippen LogP contribution < -0.4 is 5.32 Å². The van der Waals surface area contributed by atoms with Gasteiger partial charge in [0.25, 0.3) is 5.91 Å². The minimum atomic E-state index is -0.197. The molecule has 22 heavy (non-hydrogen) atoms. The first-order valence-corrected chi connectivity index (χ1v) is 7.61. The second-order valence-corrected chi connectivity index (χ2v) is 5.70. The molecule has 0 unspecified atom stereocenters. The SMILES string of the molecule is Cc1nccn1-c1cc(NC(=O)c2ccccc2I)ncn1. The summed E-state index contributed by atoms with van der Waals surface area (Å²) >= 11 is 2.13. The molecule has 110 valence electrons. The highest BCUT2D eigenvalue weighted by Crippen LogP contribution is 2.15. The summed E-state index contributed by atoms with van der Waals surface area (Å²) in [6, 6.07) is 9.10. The Balaban J connectivity index is 1.86. The minimum absolute atomic E-state index is 0.197. The van der Waals surface area contributed by atoms with Gasteiger partial charge in [-0.15, -0.1) is 0 Å². The number of aryl methyl sites for hydroxylation is 1. The first-order valence-electron chi connectivity index (χ1n) is 6.53. The highest BCUT2D eigenvalue weighted by Gasteiger charge is 2.11. The quantitative estimate of drug-likeness (QED) is 0.681. The zero-order valence-electron chi connectivity index (χ0n) is 11.7. The van der Waals surface area contributed by atoms with Crippen LogP contribution in [0.4, 0.5) is 5.82 Å². The van der Waals surface area contributed by atoms with Gasteiger partial charge in [-0.05, 0) is 41.6 Å². The van der Waals surface area contributed by atoms with E-state index in [0.717, 1.165) is 9.39 Å². The van der Waals surface area contributed by atoms with E-state index in [0.29, 0.717) is 17.2 Å². The standard InChI is InChI=1S/C15H12IN5O/c1-10-17-6-7-21(10)14-8-13(18-9-19-14)20-15(22)11-4-2-3-5-12(11)16/h2-9H,1H3,(H,18,19,20,22). The number of imidazole rings is 1. The fraction of sp³-hybridized carbons (Fsp3) is 0.0667. The normalized spacial score (nSPS) is 10.5. The van der Waals surface area contributed by atoms with Crippen LogP contribution in [0.1, 0.15) is 16.2 Å². The predicted octanol–water partition coefficient (Wildman–Crippen LogP) is 2.83. The van der Waals surface area contributed by atoms with Crippen LogP contribution in [-0.4, -0.2) is 25.4 Å². The largest absolute Gasteiger partial charge is 0.306 e. The van der Waals surface area contributed by atoms with Gasteiger partial charge in [0, 0.05) is 22.0 Å². The second-order valence-electron chi connectivity index (χ2n) is 4.54. The van der Waals surface area contributed by atoms with E-state index in [2.05, 4.69) is 42.9 Å². The van der Waals surface area contributed by atoms with Gasteiger partial charge in [-0.25, -0.2) is 15.0 Å². The molecule has 0 fully saturated rings. The van der Waals surface area contributed by atoms with Gasteiger partial charge in [-0.1, -0.05) is 12.1 Å². The van der Waals surface area contributed by atoms with Gasteiger partial charge in [0.15, 0.2) is 0 Å². The van der Waals surface area contributed by atoms with Crippen LogP contribution in [0.15, 0.2) is 49.1 Å². The monoisotopic (exact) mass is 405 g/mol. The van der Waals surface area contributed by atoms with Crippen molar-refractivity contribution in [1.29, 1.82) is 0 Å². The van der Waals surface area contributed by atoms with Crippen molar-refractivity contribution in [3.8, 4) is 5.82 Å². The summed E-state index contributed by atoms with van der Waals surface area (Å²) in [5.41, 5.74) is 0.613. The van der Waals surface area contributed by atoms with Crippen molar-refractivity contribution < 1.29 is 4.79 Å². The van der Waals surface area contributed by atoms with Crippen LogP contribution in [0, 0.1) is 10.5 Å². The van der Waals surface area contributed by atoms with Crippen LogP contribution in [0.5, 0.6) is 0 Å². The smallest absolute Gasteiger partial charge is 0.257 e. The van der Waals surface area contributed by atoms with Gasteiger partial charge in [0.2, 0.25) is 0 Å². The Bertz CT molecular complexity index is 830. The zero-order valence-corrected chi connectivity index (χ0v) is 13.9. The maximum atomic E-state index is 12.3. The molecule has 1 N–H and O–H groups in total. The number of hydrogen-bond acceptors (Lipinski definition) is 4. The summed E-state index contributed by atoms with van der Waals surface area (Å²) in [7, 11) is 0. The molecule has 0 aliphatic carbocycles. The molecule has 0 bridgehead atoms. The number of halogens is 1. The van der Waals surface area contributed by atoms with E-state index in [1.54, 1.807) is 18.3 Å². The lowest BCUT2D eigenvalue weighted by Crippen LogP contribution is -2.15. The van der Waals surface area contributed by atoms with Crippen molar-refractivity contribution in [3.05, 3.63) is 64.0 Å². The van der Waals surface area contributed by atoms with Crippen LogP contribution >= 0.6 is 22.6 Å². The molecule has 0 aliphatic heterocycles. The Morgan fingerprint density at radius 1 is 1.23 bits per heavy atom. The molecule has 6 nitrogen and oxygen atoms in total. The third-order valence-corrected chi connectivity index (χ3v) is 4.03. The second kappa shape index (κ2) is 6.22. The zero-order chi connectivity index (χ0) is 15.5. The van der Waals surface area contributed by atoms with E-state index in [9.17, 15) is 4.79 Å². The lowest BCUT2D eigenvalue weighted by Gasteiger charge is -2.08. The van der Waals surface area contributed by atoms with Crippen molar-refractivity contribution in [3.63, 3.8) is 0 Å². The topological polar surface area (TPSA) is 72.7 Å². The molecule has 0 saturated carbocycles. The number of amides is 1. The van der Waals surface area contributed by atoms with Gasteiger partial charge in [0.1, 0.15) is 23.8 Å². The van der Waals surface area contributed by atoms with Crippen molar-refractivity contribution in [2.45, 2.75) is 6.92 Å². The number of carbonyl (C=O) groups excluding carboxylic acids is 1. The van der Waals surface area contributed by atoms with E-state index < -0.39 is 0 Å². The van der Waals surface area contributed by atoms with Gasteiger partial charge in [-0.2, -0.15) is 0 Å². The molecule has 0 saturated heterocycles. The van der Waals surface area contributed by atoms with Crippen LogP contribution in [0.25, 0.3) is 5.82 Å². The lowest BCUT2D eigenvalue weighted by molar-refractivity contribution is 0.102. The molecule has 7 heteroatoms. The number of rotatable bonds is 3. The molecular formula is C15H12IN5O. The lowest BCUT2D eigenvalue weighted by atomic mass is 10.2. The average Bonchev–Trinajstić information content (AvgIpc) is 2.94. The van der Waals surface area contributed by atoms with Crippen molar-refractivity contribution in [2.24, 2.45) is 0 Å². The summed E-state index contributed by atoms with van der Waals surface area (Å²) in [6.45, 7) is 1.88. The summed E-state index contributed by atoms with van der Waals surface area (Å²) in [6.07, 6.45) is 4.92. The Kier molecular flexibility index (Phi) is 4.14. The fourth-order valence-electron chi connectivity index (χ4n) is 2.00. The maximum absolute atomic E-state index is 12.3. The van der Waals surface area contributed by atoms with Crippen LogP contribution in [0.3, 0.4) is 0 Å².